The zero-order valence-corrected chi connectivity index (χ0v) is 9.14. The van der Waals surface area contributed by atoms with Gasteiger partial charge < -0.3 is 15.2 Å². The van der Waals surface area contributed by atoms with E-state index in [4.69, 9.17) is 15.2 Å². The van der Waals surface area contributed by atoms with Crippen molar-refractivity contribution in [2.75, 3.05) is 26.4 Å². The number of hydrogen-bond donors (Lipinski definition) is 1. The number of nitrogens with two attached hydrogens (primary N) is 1. The molecule has 0 amide bonds. The van der Waals surface area contributed by atoms with E-state index in [-0.39, 0.29) is 5.54 Å². The highest BCUT2D eigenvalue weighted by molar-refractivity contribution is 4.75. The van der Waals surface area contributed by atoms with Crippen molar-refractivity contribution in [3.63, 3.8) is 0 Å². The molecule has 0 radical (unpaired) electrons. The SMILES string of the molecule is CCOCCCOCC(C)(N)CC. The minimum Gasteiger partial charge on any atom is -0.382 e. The molecular weight excluding hydrogens is 166 g/mol. The summed E-state index contributed by atoms with van der Waals surface area (Å²) in [5, 5.41) is 0. The Kier molecular flexibility index (Phi) is 7.23. The van der Waals surface area contributed by atoms with E-state index >= 15 is 0 Å². The molecule has 3 nitrogen and oxygen atoms in total. The molecule has 0 spiro atoms. The lowest BCUT2D eigenvalue weighted by molar-refractivity contribution is 0.0634. The maximum absolute atomic E-state index is 5.90. The summed E-state index contributed by atoms with van der Waals surface area (Å²) in [4.78, 5) is 0. The van der Waals surface area contributed by atoms with Crippen LogP contribution in [0.5, 0.6) is 0 Å². The van der Waals surface area contributed by atoms with E-state index in [1.54, 1.807) is 0 Å². The third-order valence-electron chi connectivity index (χ3n) is 2.02. The Balaban J connectivity index is 3.16. The van der Waals surface area contributed by atoms with Crippen LogP contribution >= 0.6 is 0 Å². The smallest absolute Gasteiger partial charge is 0.0643 e. The molecule has 80 valence electrons. The highest BCUT2D eigenvalue weighted by Crippen LogP contribution is 2.04. The average molecular weight is 189 g/mol. The van der Waals surface area contributed by atoms with Gasteiger partial charge in [-0.1, -0.05) is 6.92 Å². The van der Waals surface area contributed by atoms with Crippen LogP contribution in [0.1, 0.15) is 33.6 Å². The lowest BCUT2D eigenvalue weighted by Gasteiger charge is -2.22. The van der Waals surface area contributed by atoms with E-state index in [0.29, 0.717) is 6.61 Å². The Morgan fingerprint density at radius 2 is 1.77 bits per heavy atom. The zero-order chi connectivity index (χ0) is 10.2. The quantitative estimate of drug-likeness (QED) is 0.589. The number of ether oxygens (including phenoxy) is 2. The molecule has 0 aliphatic carbocycles. The second-order valence-corrected chi connectivity index (χ2v) is 3.61. The fraction of sp³-hybridized carbons (Fsp3) is 1.00. The van der Waals surface area contributed by atoms with E-state index in [2.05, 4.69) is 6.92 Å². The van der Waals surface area contributed by atoms with Crippen LogP contribution in [0.25, 0.3) is 0 Å². The summed E-state index contributed by atoms with van der Waals surface area (Å²) in [6, 6.07) is 0. The van der Waals surface area contributed by atoms with E-state index < -0.39 is 0 Å². The molecule has 1 unspecified atom stereocenters. The number of hydrogen-bond acceptors (Lipinski definition) is 3. The van der Waals surface area contributed by atoms with Crippen LogP contribution in [0.3, 0.4) is 0 Å². The van der Waals surface area contributed by atoms with Crippen LogP contribution in [0, 0.1) is 0 Å². The molecule has 0 heterocycles. The first-order valence-corrected chi connectivity index (χ1v) is 5.06. The summed E-state index contributed by atoms with van der Waals surface area (Å²) in [6.07, 6.45) is 1.89. The first-order valence-electron chi connectivity index (χ1n) is 5.06. The highest BCUT2D eigenvalue weighted by Gasteiger charge is 2.14. The number of rotatable bonds is 8. The minimum absolute atomic E-state index is 0.175. The van der Waals surface area contributed by atoms with Crippen LogP contribution in [0.15, 0.2) is 0 Å². The Morgan fingerprint density at radius 1 is 1.15 bits per heavy atom. The van der Waals surface area contributed by atoms with Crippen molar-refractivity contribution in [2.45, 2.75) is 39.2 Å². The van der Waals surface area contributed by atoms with Crippen LogP contribution in [0.4, 0.5) is 0 Å². The van der Waals surface area contributed by atoms with Gasteiger partial charge in [-0.2, -0.15) is 0 Å². The predicted molar refractivity (Wildman–Crippen MR) is 54.8 cm³/mol. The minimum atomic E-state index is -0.175. The Labute approximate surface area is 81.6 Å². The maximum Gasteiger partial charge on any atom is 0.0643 e. The van der Waals surface area contributed by atoms with Gasteiger partial charge in [0.15, 0.2) is 0 Å². The molecule has 0 saturated heterocycles. The van der Waals surface area contributed by atoms with E-state index in [1.807, 2.05) is 13.8 Å². The lowest BCUT2D eigenvalue weighted by atomic mass is 10.0. The molecule has 0 aromatic rings. The second-order valence-electron chi connectivity index (χ2n) is 3.61. The molecule has 0 aliphatic heterocycles. The van der Waals surface area contributed by atoms with Crippen molar-refractivity contribution in [1.82, 2.24) is 0 Å². The summed E-state index contributed by atoms with van der Waals surface area (Å²) in [6.45, 7) is 9.02. The van der Waals surface area contributed by atoms with Gasteiger partial charge in [-0.05, 0) is 26.7 Å². The molecule has 0 bridgehead atoms. The van der Waals surface area contributed by atoms with Gasteiger partial charge in [0.25, 0.3) is 0 Å². The summed E-state index contributed by atoms with van der Waals surface area (Å²) in [7, 11) is 0. The Hall–Kier alpha value is -0.120. The third-order valence-corrected chi connectivity index (χ3v) is 2.02. The van der Waals surface area contributed by atoms with E-state index in [9.17, 15) is 0 Å². The molecule has 1 atom stereocenters. The molecular formula is C10H23NO2. The topological polar surface area (TPSA) is 44.5 Å². The van der Waals surface area contributed by atoms with Crippen molar-refractivity contribution in [3.8, 4) is 0 Å². The zero-order valence-electron chi connectivity index (χ0n) is 9.14. The molecule has 0 aliphatic rings. The first-order chi connectivity index (χ1) is 6.12. The van der Waals surface area contributed by atoms with Gasteiger partial charge in [0, 0.05) is 25.4 Å². The van der Waals surface area contributed by atoms with Gasteiger partial charge in [0.1, 0.15) is 0 Å². The molecule has 0 aromatic carbocycles. The molecule has 0 fully saturated rings. The molecule has 0 aromatic heterocycles. The fourth-order valence-electron chi connectivity index (χ4n) is 0.815. The van der Waals surface area contributed by atoms with Crippen molar-refractivity contribution in [2.24, 2.45) is 5.73 Å². The van der Waals surface area contributed by atoms with E-state index in [0.717, 1.165) is 32.7 Å². The Morgan fingerprint density at radius 3 is 2.31 bits per heavy atom. The van der Waals surface area contributed by atoms with Crippen molar-refractivity contribution >= 4 is 0 Å². The van der Waals surface area contributed by atoms with Gasteiger partial charge in [0.2, 0.25) is 0 Å². The van der Waals surface area contributed by atoms with Gasteiger partial charge in [-0.15, -0.1) is 0 Å². The normalized spacial score (nSPS) is 15.7. The van der Waals surface area contributed by atoms with E-state index in [1.165, 1.54) is 0 Å². The second kappa shape index (κ2) is 7.30. The molecule has 0 saturated carbocycles. The van der Waals surface area contributed by atoms with Crippen LogP contribution in [-0.4, -0.2) is 32.0 Å². The van der Waals surface area contributed by atoms with Gasteiger partial charge in [-0.25, -0.2) is 0 Å². The summed E-state index contributed by atoms with van der Waals surface area (Å²) < 4.78 is 10.6. The maximum atomic E-state index is 5.90. The lowest BCUT2D eigenvalue weighted by Crippen LogP contribution is -2.40. The molecule has 13 heavy (non-hydrogen) atoms. The fourth-order valence-corrected chi connectivity index (χ4v) is 0.815. The largest absolute Gasteiger partial charge is 0.382 e. The highest BCUT2D eigenvalue weighted by atomic mass is 16.5. The standard InChI is InChI=1S/C10H23NO2/c1-4-10(3,11)9-13-8-6-7-12-5-2/h4-9,11H2,1-3H3. The monoisotopic (exact) mass is 189 g/mol. The predicted octanol–water partition coefficient (Wildman–Crippen LogP) is 1.56. The average Bonchev–Trinajstić information content (AvgIpc) is 2.11. The van der Waals surface area contributed by atoms with Crippen LogP contribution in [-0.2, 0) is 9.47 Å². The molecule has 2 N–H and O–H groups in total. The van der Waals surface area contributed by atoms with Crippen LogP contribution in [0.2, 0.25) is 0 Å². The van der Waals surface area contributed by atoms with Gasteiger partial charge in [0.05, 0.1) is 6.61 Å². The summed E-state index contributed by atoms with van der Waals surface area (Å²) >= 11 is 0. The first kappa shape index (κ1) is 12.9. The Bertz CT molecular complexity index is 115. The summed E-state index contributed by atoms with van der Waals surface area (Å²) in [5.41, 5.74) is 5.73. The van der Waals surface area contributed by atoms with Crippen molar-refractivity contribution in [3.05, 3.63) is 0 Å². The van der Waals surface area contributed by atoms with Crippen LogP contribution < -0.4 is 5.73 Å². The molecule has 3 heteroatoms. The van der Waals surface area contributed by atoms with Crippen molar-refractivity contribution in [1.29, 1.82) is 0 Å². The van der Waals surface area contributed by atoms with Crippen molar-refractivity contribution < 1.29 is 9.47 Å². The molecule has 0 rings (SSSR count). The summed E-state index contributed by atoms with van der Waals surface area (Å²) in [5.74, 6) is 0. The third kappa shape index (κ3) is 8.22. The van der Waals surface area contributed by atoms with Gasteiger partial charge >= 0.3 is 0 Å². The van der Waals surface area contributed by atoms with Gasteiger partial charge in [-0.3, -0.25) is 0 Å².